The van der Waals surface area contributed by atoms with Crippen molar-refractivity contribution in [2.75, 3.05) is 33.9 Å². The average Bonchev–Trinajstić information content (AvgIpc) is 3.39. The van der Waals surface area contributed by atoms with Gasteiger partial charge in [-0.2, -0.15) is 4.31 Å². The second kappa shape index (κ2) is 13.0. The minimum atomic E-state index is -3.89. The van der Waals surface area contributed by atoms with Crippen molar-refractivity contribution in [2.45, 2.75) is 17.9 Å². The number of thiophene rings is 1. The molecule has 0 bridgehead atoms. The molecule has 0 radical (unpaired) electrons. The summed E-state index contributed by atoms with van der Waals surface area (Å²) in [5, 5.41) is 1.95. The van der Waals surface area contributed by atoms with Gasteiger partial charge in [0.05, 0.1) is 32.2 Å². The Hall–Kier alpha value is -2.66. The fourth-order valence-corrected chi connectivity index (χ4v) is 5.92. The van der Waals surface area contributed by atoms with E-state index in [-0.39, 0.29) is 23.9 Å². The van der Waals surface area contributed by atoms with Gasteiger partial charge in [0.2, 0.25) is 15.9 Å². The zero-order valence-electron chi connectivity index (χ0n) is 20.2. The van der Waals surface area contributed by atoms with Crippen molar-refractivity contribution < 1.29 is 22.7 Å². The van der Waals surface area contributed by atoms with Crippen molar-refractivity contribution in [3.05, 3.63) is 87.5 Å². The molecule has 0 saturated heterocycles. The first kappa shape index (κ1) is 27.9. The maximum atomic E-state index is 13.5. The number of rotatable bonds is 13. The van der Waals surface area contributed by atoms with Crippen LogP contribution < -0.4 is 9.47 Å². The summed E-state index contributed by atoms with van der Waals surface area (Å²) in [5.74, 6) is 0.960. The van der Waals surface area contributed by atoms with Gasteiger partial charge in [-0.25, -0.2) is 8.42 Å². The van der Waals surface area contributed by atoms with E-state index in [1.807, 2.05) is 35.7 Å². The molecule has 2 aromatic carbocycles. The summed E-state index contributed by atoms with van der Waals surface area (Å²) >= 11 is 4.87. The molecule has 0 spiro atoms. The molecule has 0 atom stereocenters. The van der Waals surface area contributed by atoms with Gasteiger partial charge in [-0.3, -0.25) is 4.79 Å². The first-order chi connectivity index (χ1) is 17.3. The molecule has 3 aromatic rings. The molecule has 3 rings (SSSR count). The van der Waals surface area contributed by atoms with E-state index < -0.39 is 10.0 Å². The Labute approximate surface area is 225 Å². The molecule has 0 aliphatic carbocycles. The predicted octanol–water partition coefficient (Wildman–Crippen LogP) is 4.98. The molecule has 0 saturated carbocycles. The van der Waals surface area contributed by atoms with Gasteiger partial charge in [-0.1, -0.05) is 34.1 Å². The Balaban J connectivity index is 1.81. The first-order valence-electron chi connectivity index (χ1n) is 11.2. The summed E-state index contributed by atoms with van der Waals surface area (Å²) in [6.07, 6.45) is 2.05. The maximum Gasteiger partial charge on any atom is 0.243 e. The Morgan fingerprint density at radius 1 is 1.08 bits per heavy atom. The third-order valence-electron chi connectivity index (χ3n) is 5.49. The van der Waals surface area contributed by atoms with Crippen LogP contribution in [0.5, 0.6) is 11.5 Å². The summed E-state index contributed by atoms with van der Waals surface area (Å²) in [6.45, 7) is 4.21. The standard InChI is InChI=1S/C26H29BrN2O5S2/c1-4-14-29(36(31,32)23-10-8-21(27)9-11-23)19-26(30)28(18-22-6-5-16-35-22)15-13-20-7-12-24(33-2)25(17-20)34-3/h4-12,16-17H,1,13-15,18-19H2,2-3H3. The number of carbonyl (C=O) groups is 1. The van der Waals surface area contributed by atoms with Gasteiger partial charge < -0.3 is 14.4 Å². The van der Waals surface area contributed by atoms with Crippen LogP contribution in [-0.4, -0.2) is 57.4 Å². The molecular weight excluding hydrogens is 564 g/mol. The highest BCUT2D eigenvalue weighted by Crippen LogP contribution is 2.28. The number of sulfonamides is 1. The lowest BCUT2D eigenvalue weighted by molar-refractivity contribution is -0.131. The number of ether oxygens (including phenoxy) is 2. The smallest absolute Gasteiger partial charge is 0.243 e. The second-order valence-corrected chi connectivity index (χ2v) is 11.8. The Morgan fingerprint density at radius 3 is 2.42 bits per heavy atom. The van der Waals surface area contributed by atoms with Crippen LogP contribution >= 0.6 is 27.3 Å². The van der Waals surface area contributed by atoms with Gasteiger partial charge in [0.15, 0.2) is 11.5 Å². The van der Waals surface area contributed by atoms with Gasteiger partial charge >= 0.3 is 0 Å². The van der Waals surface area contributed by atoms with E-state index in [1.165, 1.54) is 18.2 Å². The van der Waals surface area contributed by atoms with Crippen LogP contribution in [0.25, 0.3) is 0 Å². The molecule has 1 heterocycles. The summed E-state index contributed by atoms with van der Waals surface area (Å²) in [7, 11) is -0.731. The van der Waals surface area contributed by atoms with E-state index in [4.69, 9.17) is 9.47 Å². The van der Waals surface area contributed by atoms with Crippen LogP contribution in [0.2, 0.25) is 0 Å². The predicted molar refractivity (Wildman–Crippen MR) is 146 cm³/mol. The lowest BCUT2D eigenvalue weighted by Gasteiger charge is -2.27. The van der Waals surface area contributed by atoms with E-state index in [9.17, 15) is 13.2 Å². The zero-order valence-corrected chi connectivity index (χ0v) is 23.4. The number of nitrogens with zero attached hydrogens (tertiary/aromatic N) is 2. The fourth-order valence-electron chi connectivity index (χ4n) is 3.58. The van der Waals surface area contributed by atoms with Gasteiger partial charge in [0.25, 0.3) is 0 Å². The lowest BCUT2D eigenvalue weighted by Crippen LogP contribution is -2.43. The lowest BCUT2D eigenvalue weighted by atomic mass is 10.1. The third-order valence-corrected chi connectivity index (χ3v) is 8.71. The van der Waals surface area contributed by atoms with Crippen LogP contribution in [0, 0.1) is 0 Å². The number of carbonyl (C=O) groups excluding carboxylic acids is 1. The van der Waals surface area contributed by atoms with E-state index in [0.717, 1.165) is 19.2 Å². The molecule has 0 unspecified atom stereocenters. The number of hydrogen-bond donors (Lipinski definition) is 0. The summed E-state index contributed by atoms with van der Waals surface area (Å²) in [6, 6.07) is 15.9. The summed E-state index contributed by atoms with van der Waals surface area (Å²) in [5.41, 5.74) is 0.974. The summed E-state index contributed by atoms with van der Waals surface area (Å²) in [4.78, 5) is 16.3. The van der Waals surface area contributed by atoms with Crippen LogP contribution in [0.15, 0.2) is 82.0 Å². The number of halogens is 1. The molecule has 7 nitrogen and oxygen atoms in total. The van der Waals surface area contributed by atoms with E-state index in [2.05, 4.69) is 22.5 Å². The summed E-state index contributed by atoms with van der Waals surface area (Å²) < 4.78 is 39.2. The van der Waals surface area contributed by atoms with E-state index >= 15 is 0 Å². The van der Waals surface area contributed by atoms with Crippen molar-refractivity contribution in [1.29, 1.82) is 0 Å². The highest BCUT2D eigenvalue weighted by Gasteiger charge is 2.28. The first-order valence-corrected chi connectivity index (χ1v) is 14.3. The van der Waals surface area contributed by atoms with E-state index in [1.54, 1.807) is 42.6 Å². The van der Waals surface area contributed by atoms with Gasteiger partial charge in [-0.05, 0) is 59.8 Å². The Morgan fingerprint density at radius 2 is 1.81 bits per heavy atom. The van der Waals surface area contributed by atoms with E-state index in [0.29, 0.717) is 31.0 Å². The number of benzene rings is 2. The normalized spacial score (nSPS) is 11.3. The zero-order chi connectivity index (χ0) is 26.1. The second-order valence-electron chi connectivity index (χ2n) is 7.87. The topological polar surface area (TPSA) is 76.2 Å². The number of hydrogen-bond acceptors (Lipinski definition) is 6. The SMILES string of the molecule is C=CCN(CC(=O)N(CCc1ccc(OC)c(OC)c1)Cc1cccs1)S(=O)(=O)c1ccc(Br)cc1. The highest BCUT2D eigenvalue weighted by molar-refractivity contribution is 9.10. The fraction of sp³-hybridized carbons (Fsp3) is 0.269. The number of amides is 1. The Kier molecular flexibility index (Phi) is 10.1. The third kappa shape index (κ3) is 7.19. The monoisotopic (exact) mass is 592 g/mol. The molecule has 0 fully saturated rings. The van der Waals surface area contributed by atoms with Gasteiger partial charge in [0, 0.05) is 22.4 Å². The van der Waals surface area contributed by atoms with Crippen molar-refractivity contribution in [2.24, 2.45) is 0 Å². The van der Waals surface area contributed by atoms with Crippen molar-refractivity contribution in [3.63, 3.8) is 0 Å². The minimum Gasteiger partial charge on any atom is -0.493 e. The minimum absolute atomic E-state index is 0.0205. The van der Waals surface area contributed by atoms with Crippen LogP contribution in [0.4, 0.5) is 0 Å². The molecule has 36 heavy (non-hydrogen) atoms. The molecule has 10 heteroatoms. The number of methoxy groups -OCH3 is 2. The van der Waals surface area contributed by atoms with Crippen molar-refractivity contribution >= 4 is 43.2 Å². The molecule has 1 amide bonds. The molecule has 192 valence electrons. The molecule has 1 aromatic heterocycles. The van der Waals surface area contributed by atoms with Crippen LogP contribution in [-0.2, 0) is 27.8 Å². The largest absolute Gasteiger partial charge is 0.493 e. The molecule has 0 N–H and O–H groups in total. The Bertz CT molecular complexity index is 1260. The highest BCUT2D eigenvalue weighted by atomic mass is 79.9. The molecule has 0 aliphatic rings. The van der Waals surface area contributed by atoms with Gasteiger partial charge in [0.1, 0.15) is 0 Å². The average molecular weight is 594 g/mol. The van der Waals surface area contributed by atoms with Crippen LogP contribution in [0.1, 0.15) is 10.4 Å². The molecule has 0 aliphatic heterocycles. The quantitative estimate of drug-likeness (QED) is 0.262. The van der Waals surface area contributed by atoms with Crippen molar-refractivity contribution in [1.82, 2.24) is 9.21 Å². The molecular formula is C26H29BrN2O5S2. The maximum absolute atomic E-state index is 13.5. The van der Waals surface area contributed by atoms with Gasteiger partial charge in [-0.15, -0.1) is 17.9 Å². The van der Waals surface area contributed by atoms with Crippen molar-refractivity contribution in [3.8, 4) is 11.5 Å². The van der Waals surface area contributed by atoms with Crippen LogP contribution in [0.3, 0.4) is 0 Å².